The molecule has 1 saturated heterocycles. The van der Waals surface area contributed by atoms with Gasteiger partial charge in [-0.25, -0.2) is 0 Å². The minimum absolute atomic E-state index is 0.408. The highest BCUT2D eigenvalue weighted by Gasteiger charge is 2.53. The summed E-state index contributed by atoms with van der Waals surface area (Å²) in [6, 6.07) is 32.4. The van der Waals surface area contributed by atoms with E-state index >= 15 is 0 Å². The SMILES string of the molecule is CC1(C)OB(c2ccc3c(c2)C2(c4ccccc4O3)c3ccccc3Sc3ccccc32)OC1(C)C. The molecule has 0 radical (unpaired) electrons. The standard InChI is InChI=1S/C31H27BO3S/c1-29(2)30(3,4)35-32(34-29)20-17-18-26-24(19-20)31(21-11-5-8-14-25(21)33-26)22-12-6-9-15-27(22)36-28-16-10-7-13-23(28)31/h5-19H,1-4H3. The van der Waals surface area contributed by atoms with Gasteiger partial charge in [0.1, 0.15) is 11.5 Å². The lowest BCUT2D eigenvalue weighted by atomic mass is 9.62. The number of hydrogen-bond acceptors (Lipinski definition) is 4. The van der Waals surface area contributed by atoms with Crippen molar-refractivity contribution in [1.82, 2.24) is 0 Å². The van der Waals surface area contributed by atoms with E-state index in [1.807, 2.05) is 17.8 Å². The number of rotatable bonds is 1. The maximum absolute atomic E-state index is 6.55. The predicted octanol–water partition coefficient (Wildman–Crippen LogP) is 6.94. The van der Waals surface area contributed by atoms with Gasteiger partial charge in [-0.05, 0) is 68.6 Å². The van der Waals surface area contributed by atoms with Gasteiger partial charge in [-0.1, -0.05) is 78.5 Å². The quantitative estimate of drug-likeness (QED) is 0.234. The van der Waals surface area contributed by atoms with Gasteiger partial charge in [-0.15, -0.1) is 0 Å². The van der Waals surface area contributed by atoms with E-state index in [1.54, 1.807) is 0 Å². The van der Waals surface area contributed by atoms with Crippen molar-refractivity contribution in [3.8, 4) is 11.5 Å². The lowest BCUT2D eigenvalue weighted by molar-refractivity contribution is 0.00578. The van der Waals surface area contributed by atoms with Crippen LogP contribution in [0.25, 0.3) is 0 Å². The van der Waals surface area contributed by atoms with Crippen LogP contribution in [-0.4, -0.2) is 18.3 Å². The fourth-order valence-corrected chi connectivity index (χ4v) is 6.95. The van der Waals surface area contributed by atoms with Gasteiger partial charge < -0.3 is 14.0 Å². The molecule has 5 heteroatoms. The molecule has 1 spiro atoms. The van der Waals surface area contributed by atoms with Crippen LogP contribution in [0, 0.1) is 0 Å². The van der Waals surface area contributed by atoms with E-state index < -0.39 is 23.7 Å². The number of ether oxygens (including phenoxy) is 1. The van der Waals surface area contributed by atoms with Crippen LogP contribution < -0.4 is 10.2 Å². The third kappa shape index (κ3) is 2.91. The lowest BCUT2D eigenvalue weighted by Gasteiger charge is -2.45. The van der Waals surface area contributed by atoms with Crippen LogP contribution in [0.5, 0.6) is 11.5 Å². The van der Waals surface area contributed by atoms with Gasteiger partial charge in [0.05, 0.1) is 16.6 Å². The monoisotopic (exact) mass is 490 g/mol. The van der Waals surface area contributed by atoms with Crippen molar-refractivity contribution in [2.75, 3.05) is 0 Å². The number of fused-ring (bicyclic) bond motifs is 8. The zero-order valence-corrected chi connectivity index (χ0v) is 21.7. The highest BCUT2D eigenvalue weighted by molar-refractivity contribution is 7.99. The van der Waals surface area contributed by atoms with Crippen molar-refractivity contribution in [3.05, 3.63) is 113 Å². The number of para-hydroxylation sites is 1. The first kappa shape index (κ1) is 22.2. The molecule has 7 rings (SSSR count). The largest absolute Gasteiger partial charge is 0.494 e. The molecule has 0 bridgehead atoms. The Labute approximate surface area is 216 Å². The van der Waals surface area contributed by atoms with Gasteiger partial charge in [-0.2, -0.15) is 0 Å². The van der Waals surface area contributed by atoms with Crippen molar-refractivity contribution in [2.45, 2.75) is 54.1 Å². The third-order valence-electron chi connectivity index (χ3n) is 8.25. The smallest absolute Gasteiger partial charge is 0.457 e. The second-order valence-corrected chi connectivity index (χ2v) is 11.9. The van der Waals surface area contributed by atoms with Crippen molar-refractivity contribution in [1.29, 1.82) is 0 Å². The predicted molar refractivity (Wildman–Crippen MR) is 145 cm³/mol. The first-order valence-corrected chi connectivity index (χ1v) is 13.3. The van der Waals surface area contributed by atoms with Gasteiger partial charge in [0.15, 0.2) is 0 Å². The van der Waals surface area contributed by atoms with Gasteiger partial charge in [0.2, 0.25) is 0 Å². The summed E-state index contributed by atoms with van der Waals surface area (Å²) in [7, 11) is -0.446. The Bertz CT molecular complexity index is 1410. The zero-order valence-electron chi connectivity index (χ0n) is 20.9. The fourth-order valence-electron chi connectivity index (χ4n) is 5.76. The molecule has 178 valence electrons. The lowest BCUT2D eigenvalue weighted by Crippen LogP contribution is -2.41. The summed E-state index contributed by atoms with van der Waals surface area (Å²) in [5.74, 6) is 1.76. The first-order chi connectivity index (χ1) is 17.3. The van der Waals surface area contributed by atoms with Gasteiger partial charge in [0.25, 0.3) is 0 Å². The molecule has 0 saturated carbocycles. The van der Waals surface area contributed by atoms with E-state index in [1.165, 1.54) is 20.9 Å². The van der Waals surface area contributed by atoms with E-state index in [9.17, 15) is 0 Å². The highest BCUT2D eigenvalue weighted by Crippen LogP contribution is 2.61. The maximum Gasteiger partial charge on any atom is 0.494 e. The highest BCUT2D eigenvalue weighted by atomic mass is 32.2. The van der Waals surface area contributed by atoms with Gasteiger partial charge in [-0.3, -0.25) is 0 Å². The molecule has 36 heavy (non-hydrogen) atoms. The average Bonchev–Trinajstić information content (AvgIpc) is 3.10. The summed E-state index contributed by atoms with van der Waals surface area (Å²) in [6.07, 6.45) is 0. The molecule has 4 aromatic carbocycles. The Morgan fingerprint density at radius 2 is 1.11 bits per heavy atom. The van der Waals surface area contributed by atoms with E-state index in [2.05, 4.69) is 113 Å². The van der Waals surface area contributed by atoms with Crippen molar-refractivity contribution in [2.24, 2.45) is 0 Å². The summed E-state index contributed by atoms with van der Waals surface area (Å²) >= 11 is 1.84. The van der Waals surface area contributed by atoms with Crippen LogP contribution in [0.3, 0.4) is 0 Å². The van der Waals surface area contributed by atoms with Crippen molar-refractivity contribution < 1.29 is 14.0 Å². The summed E-state index contributed by atoms with van der Waals surface area (Å²) < 4.78 is 19.5. The Morgan fingerprint density at radius 3 is 1.75 bits per heavy atom. The van der Waals surface area contributed by atoms with Crippen LogP contribution in [0.1, 0.15) is 49.9 Å². The average molecular weight is 490 g/mol. The molecule has 0 amide bonds. The summed E-state index contributed by atoms with van der Waals surface area (Å²) in [6.45, 7) is 8.38. The molecule has 0 unspecified atom stereocenters. The molecule has 1 fully saturated rings. The fraction of sp³-hybridized carbons (Fsp3) is 0.226. The van der Waals surface area contributed by atoms with Crippen LogP contribution >= 0.6 is 11.8 Å². The molecule has 4 aromatic rings. The van der Waals surface area contributed by atoms with Crippen LogP contribution in [0.4, 0.5) is 0 Å². The van der Waals surface area contributed by atoms with Crippen molar-refractivity contribution in [3.63, 3.8) is 0 Å². The Morgan fingerprint density at radius 1 is 0.583 bits per heavy atom. The van der Waals surface area contributed by atoms with Gasteiger partial charge >= 0.3 is 7.12 Å². The topological polar surface area (TPSA) is 27.7 Å². The molecular formula is C31H27BO3S. The van der Waals surface area contributed by atoms with E-state index in [0.29, 0.717) is 0 Å². The molecule has 3 heterocycles. The molecule has 3 aliphatic heterocycles. The third-order valence-corrected chi connectivity index (χ3v) is 9.40. The first-order valence-electron chi connectivity index (χ1n) is 12.5. The molecular weight excluding hydrogens is 463 g/mol. The van der Waals surface area contributed by atoms with Gasteiger partial charge in [0, 0.05) is 20.9 Å². The minimum Gasteiger partial charge on any atom is -0.457 e. The summed E-state index contributed by atoms with van der Waals surface area (Å²) in [4.78, 5) is 2.53. The molecule has 0 atom stereocenters. The van der Waals surface area contributed by atoms with E-state index in [4.69, 9.17) is 14.0 Å². The summed E-state index contributed by atoms with van der Waals surface area (Å²) in [5, 5.41) is 0. The summed E-state index contributed by atoms with van der Waals surface area (Å²) in [5.41, 5.74) is 4.50. The van der Waals surface area contributed by atoms with E-state index in [-0.39, 0.29) is 0 Å². The second kappa shape index (κ2) is 7.52. The van der Waals surface area contributed by atoms with Crippen LogP contribution in [0.2, 0.25) is 0 Å². The molecule has 3 nitrogen and oxygen atoms in total. The molecule has 0 aromatic heterocycles. The molecule has 0 aliphatic carbocycles. The molecule has 3 aliphatic rings. The molecule has 0 N–H and O–H groups in total. The van der Waals surface area contributed by atoms with E-state index in [0.717, 1.165) is 28.1 Å². The normalized spacial score (nSPS) is 19.6. The Kier molecular flexibility index (Phi) is 4.64. The second-order valence-electron chi connectivity index (χ2n) is 10.8. The minimum atomic E-state index is -0.512. The zero-order chi connectivity index (χ0) is 24.7. The number of hydrogen-bond donors (Lipinski definition) is 0. The Hall–Kier alpha value is -2.99. The Balaban J connectivity index is 1.54. The van der Waals surface area contributed by atoms with Crippen LogP contribution in [-0.2, 0) is 14.7 Å². The van der Waals surface area contributed by atoms with Crippen LogP contribution in [0.15, 0.2) is 101 Å². The number of benzene rings is 4. The maximum atomic E-state index is 6.55. The van der Waals surface area contributed by atoms with Crippen molar-refractivity contribution >= 4 is 24.3 Å².